The molecule has 0 aliphatic heterocycles. The minimum atomic E-state index is 0.509. The zero-order valence-electron chi connectivity index (χ0n) is 13.6. The van der Waals surface area contributed by atoms with Crippen LogP contribution in [0.3, 0.4) is 0 Å². The van der Waals surface area contributed by atoms with Gasteiger partial charge in [0.2, 0.25) is 0 Å². The number of hydrogen-bond donors (Lipinski definition) is 1. The summed E-state index contributed by atoms with van der Waals surface area (Å²) in [4.78, 5) is 4.34. The maximum Gasteiger partial charge on any atom is 0.151 e. The average Bonchev–Trinajstić information content (AvgIpc) is 3.10. The smallest absolute Gasteiger partial charge is 0.151 e. The fraction of sp³-hybridized carbons (Fsp3) is 0.222. The Hall–Kier alpha value is -2.86. The van der Waals surface area contributed by atoms with Crippen molar-refractivity contribution in [1.82, 2.24) is 14.8 Å². The third-order valence-corrected chi connectivity index (χ3v) is 3.49. The Morgan fingerprint density at radius 3 is 2.62 bits per heavy atom. The second-order valence-electron chi connectivity index (χ2n) is 5.11. The molecule has 124 valence electrons. The van der Waals surface area contributed by atoms with Crippen LogP contribution in [0.25, 0.3) is 5.69 Å². The topological polar surface area (TPSA) is 61.2 Å². The molecule has 0 radical (unpaired) electrons. The summed E-state index contributed by atoms with van der Waals surface area (Å²) in [5, 5.41) is 7.66. The van der Waals surface area contributed by atoms with Crippen molar-refractivity contribution in [3.8, 4) is 11.4 Å². The fourth-order valence-corrected chi connectivity index (χ4v) is 2.32. The summed E-state index contributed by atoms with van der Waals surface area (Å²) in [6.07, 6.45) is 1.56. The highest BCUT2D eigenvalue weighted by Crippen LogP contribution is 2.24. The van der Waals surface area contributed by atoms with Crippen molar-refractivity contribution in [2.75, 3.05) is 25.6 Å². The van der Waals surface area contributed by atoms with Crippen molar-refractivity contribution in [2.45, 2.75) is 6.54 Å². The minimum Gasteiger partial charge on any atom is -0.489 e. The van der Waals surface area contributed by atoms with E-state index >= 15 is 0 Å². The lowest BCUT2D eigenvalue weighted by atomic mass is 10.3. The van der Waals surface area contributed by atoms with E-state index in [0.717, 1.165) is 22.9 Å². The van der Waals surface area contributed by atoms with Gasteiger partial charge in [0, 0.05) is 7.11 Å². The summed E-state index contributed by atoms with van der Waals surface area (Å²) in [7, 11) is 1.66. The van der Waals surface area contributed by atoms with Crippen LogP contribution in [-0.4, -0.2) is 35.1 Å². The van der Waals surface area contributed by atoms with Crippen LogP contribution < -0.4 is 10.1 Å². The molecule has 0 unspecified atom stereocenters. The van der Waals surface area contributed by atoms with Crippen molar-refractivity contribution in [3.63, 3.8) is 0 Å². The van der Waals surface area contributed by atoms with Gasteiger partial charge in [0.15, 0.2) is 5.82 Å². The molecule has 0 aliphatic carbocycles. The van der Waals surface area contributed by atoms with E-state index in [-0.39, 0.29) is 0 Å². The van der Waals surface area contributed by atoms with Gasteiger partial charge in [-0.1, -0.05) is 30.3 Å². The fourth-order valence-electron chi connectivity index (χ4n) is 2.32. The molecule has 1 heterocycles. The second-order valence-corrected chi connectivity index (χ2v) is 5.11. The Labute approximate surface area is 141 Å². The van der Waals surface area contributed by atoms with E-state index in [2.05, 4.69) is 15.4 Å². The Morgan fingerprint density at radius 1 is 1.00 bits per heavy atom. The number of para-hydroxylation sites is 3. The normalized spacial score (nSPS) is 10.5. The Bertz CT molecular complexity index is 758. The van der Waals surface area contributed by atoms with Crippen LogP contribution in [0.1, 0.15) is 5.82 Å². The molecule has 0 atom stereocenters. The molecule has 6 nitrogen and oxygen atoms in total. The largest absolute Gasteiger partial charge is 0.489 e. The second kappa shape index (κ2) is 8.12. The minimum absolute atomic E-state index is 0.509. The highest BCUT2D eigenvalue weighted by Gasteiger charge is 2.08. The number of nitrogens with one attached hydrogen (secondary N) is 1. The lowest BCUT2D eigenvalue weighted by Crippen LogP contribution is -2.10. The van der Waals surface area contributed by atoms with Crippen LogP contribution in [0.15, 0.2) is 60.9 Å². The number of benzene rings is 2. The molecule has 3 rings (SSSR count). The molecule has 0 fully saturated rings. The summed E-state index contributed by atoms with van der Waals surface area (Å²) < 4.78 is 12.6. The summed E-state index contributed by atoms with van der Waals surface area (Å²) in [5.74, 6) is 1.62. The third kappa shape index (κ3) is 3.91. The van der Waals surface area contributed by atoms with Crippen LogP contribution in [0.4, 0.5) is 5.69 Å². The molecule has 0 aliphatic rings. The first kappa shape index (κ1) is 16.0. The summed E-state index contributed by atoms with van der Waals surface area (Å²) >= 11 is 0. The van der Waals surface area contributed by atoms with Crippen molar-refractivity contribution < 1.29 is 9.47 Å². The van der Waals surface area contributed by atoms with Crippen LogP contribution in [-0.2, 0) is 11.3 Å². The Morgan fingerprint density at radius 2 is 1.79 bits per heavy atom. The molecule has 3 aromatic rings. The first-order chi connectivity index (χ1) is 11.9. The van der Waals surface area contributed by atoms with Gasteiger partial charge < -0.3 is 14.8 Å². The van der Waals surface area contributed by atoms with Gasteiger partial charge in [-0.25, -0.2) is 9.67 Å². The van der Waals surface area contributed by atoms with Crippen molar-refractivity contribution in [1.29, 1.82) is 0 Å². The van der Waals surface area contributed by atoms with Crippen molar-refractivity contribution >= 4 is 5.69 Å². The van der Waals surface area contributed by atoms with Crippen LogP contribution in [0.5, 0.6) is 5.75 Å². The van der Waals surface area contributed by atoms with Gasteiger partial charge in [0.05, 0.1) is 24.5 Å². The van der Waals surface area contributed by atoms with E-state index in [1.165, 1.54) is 0 Å². The lowest BCUT2D eigenvalue weighted by Gasteiger charge is -2.13. The van der Waals surface area contributed by atoms with Crippen molar-refractivity contribution in [3.05, 3.63) is 66.7 Å². The van der Waals surface area contributed by atoms with E-state index in [4.69, 9.17) is 9.47 Å². The zero-order valence-corrected chi connectivity index (χ0v) is 13.6. The van der Waals surface area contributed by atoms with E-state index in [9.17, 15) is 0 Å². The number of hydrogen-bond acceptors (Lipinski definition) is 5. The van der Waals surface area contributed by atoms with Crippen LogP contribution in [0.2, 0.25) is 0 Å². The number of aromatic nitrogens is 3. The molecule has 1 aromatic heterocycles. The predicted molar refractivity (Wildman–Crippen MR) is 92.5 cm³/mol. The highest BCUT2D eigenvalue weighted by molar-refractivity contribution is 5.56. The number of nitrogens with zero attached hydrogens (tertiary/aromatic N) is 3. The van der Waals surface area contributed by atoms with Gasteiger partial charge >= 0.3 is 0 Å². The third-order valence-electron chi connectivity index (χ3n) is 3.49. The maximum absolute atomic E-state index is 5.73. The first-order valence-corrected chi connectivity index (χ1v) is 7.77. The predicted octanol–water partition coefficient (Wildman–Crippen LogP) is 2.90. The van der Waals surface area contributed by atoms with E-state index in [0.29, 0.717) is 19.8 Å². The van der Waals surface area contributed by atoms with E-state index < -0.39 is 0 Å². The average molecular weight is 324 g/mol. The highest BCUT2D eigenvalue weighted by atomic mass is 16.5. The quantitative estimate of drug-likeness (QED) is 0.646. The molecule has 0 saturated carbocycles. The molecule has 6 heteroatoms. The van der Waals surface area contributed by atoms with Crippen LogP contribution in [0, 0.1) is 0 Å². The van der Waals surface area contributed by atoms with E-state index in [1.807, 2.05) is 59.3 Å². The summed E-state index contributed by atoms with van der Waals surface area (Å²) in [6, 6.07) is 17.8. The molecule has 0 amide bonds. The first-order valence-electron chi connectivity index (χ1n) is 7.77. The molecule has 2 aromatic carbocycles. The Kier molecular flexibility index (Phi) is 5.42. The molecule has 0 bridgehead atoms. The van der Waals surface area contributed by atoms with Gasteiger partial charge in [-0.3, -0.25) is 0 Å². The van der Waals surface area contributed by atoms with Gasteiger partial charge in [-0.05, 0) is 24.3 Å². The zero-order chi connectivity index (χ0) is 16.6. The van der Waals surface area contributed by atoms with Gasteiger partial charge in [-0.15, -0.1) is 0 Å². The molecule has 1 N–H and O–H groups in total. The summed E-state index contributed by atoms with van der Waals surface area (Å²) in [6.45, 7) is 1.60. The molecule has 24 heavy (non-hydrogen) atoms. The SMILES string of the molecule is COCCOc1ccccc1NCc1ncnn1-c1ccccc1. The van der Waals surface area contributed by atoms with E-state index in [1.54, 1.807) is 13.4 Å². The number of anilines is 1. The maximum atomic E-state index is 5.73. The monoisotopic (exact) mass is 324 g/mol. The lowest BCUT2D eigenvalue weighted by molar-refractivity contribution is 0.146. The standard InChI is InChI=1S/C18H20N4O2/c1-23-11-12-24-17-10-6-5-9-16(17)19-13-18-20-14-21-22(18)15-7-3-2-4-8-15/h2-10,14,19H,11-13H2,1H3. The number of rotatable bonds is 8. The summed E-state index contributed by atoms with van der Waals surface area (Å²) in [5.41, 5.74) is 1.90. The molecular formula is C18H20N4O2. The number of ether oxygens (including phenoxy) is 2. The van der Waals surface area contributed by atoms with Crippen LogP contribution >= 0.6 is 0 Å². The molecule has 0 spiro atoms. The Balaban J connectivity index is 1.70. The van der Waals surface area contributed by atoms with Gasteiger partial charge in [0.1, 0.15) is 18.7 Å². The van der Waals surface area contributed by atoms with Gasteiger partial charge in [0.25, 0.3) is 0 Å². The number of methoxy groups -OCH3 is 1. The van der Waals surface area contributed by atoms with Gasteiger partial charge in [-0.2, -0.15) is 5.10 Å². The molecular weight excluding hydrogens is 304 g/mol. The van der Waals surface area contributed by atoms with Crippen molar-refractivity contribution in [2.24, 2.45) is 0 Å². The molecule has 0 saturated heterocycles.